The number of rotatable bonds is 0. The molecule has 2 aliphatic rings. The Morgan fingerprint density at radius 3 is 2.64 bits per heavy atom. The van der Waals surface area contributed by atoms with Crippen LogP contribution < -0.4 is 10.3 Å². The van der Waals surface area contributed by atoms with Gasteiger partial charge in [0, 0.05) is 24.3 Å². The molecular weight excluding hydrogens is 318 g/mol. The minimum Gasteiger partial charge on any atom is -0.486 e. The molecule has 0 unspecified atom stereocenters. The van der Waals surface area contributed by atoms with Crippen molar-refractivity contribution in [2.24, 2.45) is 13.0 Å². The second-order valence-electron chi connectivity index (χ2n) is 8.30. The second kappa shape index (κ2) is 5.08. The molecule has 134 valence electrons. The van der Waals surface area contributed by atoms with E-state index in [9.17, 15) is 15.0 Å². The predicted octanol–water partition coefficient (Wildman–Crippen LogP) is 2.32. The quantitative estimate of drug-likeness (QED) is 0.770. The van der Waals surface area contributed by atoms with E-state index in [4.69, 9.17) is 4.74 Å². The molecule has 4 rings (SSSR count). The summed E-state index contributed by atoms with van der Waals surface area (Å²) in [6.07, 6.45) is 0.199. The summed E-state index contributed by atoms with van der Waals surface area (Å²) < 4.78 is 7.96. The number of benzene rings is 1. The Kier molecular flexibility index (Phi) is 3.38. The zero-order chi connectivity index (χ0) is 18.1. The van der Waals surface area contributed by atoms with Crippen LogP contribution in [-0.2, 0) is 7.05 Å². The highest BCUT2D eigenvalue weighted by atomic mass is 16.5. The van der Waals surface area contributed by atoms with Crippen LogP contribution in [0, 0.1) is 5.92 Å². The summed E-state index contributed by atoms with van der Waals surface area (Å²) in [5.74, 6) is 0.0941. The van der Waals surface area contributed by atoms with Gasteiger partial charge in [0.15, 0.2) is 0 Å². The molecule has 1 aliphatic heterocycles. The number of hydrogen-bond donors (Lipinski definition) is 2. The first-order valence-corrected chi connectivity index (χ1v) is 8.86. The van der Waals surface area contributed by atoms with Gasteiger partial charge in [0.25, 0.3) is 5.56 Å². The molecule has 1 aromatic carbocycles. The molecule has 2 aromatic rings. The third-order valence-corrected chi connectivity index (χ3v) is 6.25. The molecule has 1 aliphatic carbocycles. The van der Waals surface area contributed by atoms with Crippen molar-refractivity contribution in [1.29, 1.82) is 0 Å². The Hall–Kier alpha value is -1.85. The molecule has 1 saturated carbocycles. The Balaban J connectivity index is 2.08. The number of hydrogen-bond acceptors (Lipinski definition) is 4. The predicted molar refractivity (Wildman–Crippen MR) is 96.0 cm³/mol. The van der Waals surface area contributed by atoms with Crippen molar-refractivity contribution in [3.63, 3.8) is 0 Å². The molecule has 0 saturated heterocycles. The van der Waals surface area contributed by atoms with Crippen molar-refractivity contribution in [3.05, 3.63) is 40.2 Å². The molecule has 0 spiro atoms. The fourth-order valence-electron chi connectivity index (χ4n) is 4.75. The summed E-state index contributed by atoms with van der Waals surface area (Å²) in [5.41, 5.74) is -0.584. The summed E-state index contributed by atoms with van der Waals surface area (Å²) >= 11 is 0. The molecule has 4 atom stereocenters. The number of ether oxygens (including phenoxy) is 1. The van der Waals surface area contributed by atoms with Gasteiger partial charge in [0.2, 0.25) is 0 Å². The van der Waals surface area contributed by atoms with Crippen LogP contribution in [0.2, 0.25) is 0 Å². The Morgan fingerprint density at radius 1 is 1.24 bits per heavy atom. The molecule has 5 nitrogen and oxygen atoms in total. The lowest BCUT2D eigenvalue weighted by molar-refractivity contribution is -0.143. The zero-order valence-electron chi connectivity index (χ0n) is 15.1. The van der Waals surface area contributed by atoms with Gasteiger partial charge in [-0.15, -0.1) is 0 Å². The summed E-state index contributed by atoms with van der Waals surface area (Å²) in [7, 11) is 1.74. The van der Waals surface area contributed by atoms with Crippen molar-refractivity contribution >= 4 is 10.9 Å². The van der Waals surface area contributed by atoms with Crippen LogP contribution in [0.5, 0.6) is 5.75 Å². The number of aryl methyl sites for hydroxylation is 1. The smallest absolute Gasteiger partial charge is 0.258 e. The van der Waals surface area contributed by atoms with Gasteiger partial charge in [-0.25, -0.2) is 0 Å². The number of nitrogens with zero attached hydrogens (tertiary/aromatic N) is 1. The number of aliphatic hydroxyl groups is 2. The van der Waals surface area contributed by atoms with Crippen molar-refractivity contribution in [2.45, 2.75) is 56.8 Å². The molecule has 1 fully saturated rings. The summed E-state index contributed by atoms with van der Waals surface area (Å²) in [5, 5.41) is 22.5. The lowest BCUT2D eigenvalue weighted by Crippen LogP contribution is -2.58. The number of fused-ring (bicyclic) bond motifs is 5. The van der Waals surface area contributed by atoms with Crippen LogP contribution in [-0.4, -0.2) is 32.1 Å². The largest absolute Gasteiger partial charge is 0.486 e. The van der Waals surface area contributed by atoms with Gasteiger partial charge in [0.1, 0.15) is 11.4 Å². The minimum absolute atomic E-state index is 0.0240. The van der Waals surface area contributed by atoms with Crippen LogP contribution in [0.1, 0.15) is 45.1 Å². The number of para-hydroxylation sites is 1. The molecule has 25 heavy (non-hydrogen) atoms. The Labute approximate surface area is 146 Å². The highest BCUT2D eigenvalue weighted by Gasteiger charge is 2.55. The molecule has 0 radical (unpaired) electrons. The van der Waals surface area contributed by atoms with Crippen molar-refractivity contribution < 1.29 is 14.9 Å². The van der Waals surface area contributed by atoms with E-state index in [1.165, 1.54) is 0 Å². The normalized spacial score (nSPS) is 33.4. The van der Waals surface area contributed by atoms with Crippen molar-refractivity contribution in [2.75, 3.05) is 0 Å². The summed E-state index contributed by atoms with van der Waals surface area (Å²) in [4.78, 5) is 13.1. The van der Waals surface area contributed by atoms with Crippen LogP contribution in [0.25, 0.3) is 10.9 Å². The van der Waals surface area contributed by atoms with Gasteiger partial charge < -0.3 is 19.5 Å². The van der Waals surface area contributed by atoms with Gasteiger partial charge >= 0.3 is 0 Å². The maximum Gasteiger partial charge on any atom is 0.258 e. The third kappa shape index (κ3) is 2.19. The molecule has 0 amide bonds. The van der Waals surface area contributed by atoms with E-state index in [-0.39, 0.29) is 11.5 Å². The van der Waals surface area contributed by atoms with E-state index in [0.29, 0.717) is 24.2 Å². The fourth-order valence-corrected chi connectivity index (χ4v) is 4.75. The maximum absolute atomic E-state index is 13.1. The average Bonchev–Trinajstić information content (AvgIpc) is 2.55. The average molecular weight is 343 g/mol. The first-order chi connectivity index (χ1) is 11.6. The van der Waals surface area contributed by atoms with Gasteiger partial charge in [0.05, 0.1) is 22.8 Å². The first-order valence-electron chi connectivity index (χ1n) is 8.86. The number of pyridine rings is 1. The summed E-state index contributed by atoms with van der Waals surface area (Å²) in [6, 6.07) is 7.65. The van der Waals surface area contributed by atoms with Crippen LogP contribution in [0.4, 0.5) is 0 Å². The standard InChI is InChI=1S/C20H25NO4/c1-19(2)12-9-10-20(3,24)17(22)14(12)15-16(25-19)11-7-5-6-8-13(11)21(4)18(15)23/h5-8,12,14,17,22,24H,9-10H2,1-4H3/t12-,14-,17+,20-/m0/s1. The zero-order valence-corrected chi connectivity index (χ0v) is 15.1. The highest BCUT2D eigenvalue weighted by molar-refractivity contribution is 5.87. The second-order valence-corrected chi connectivity index (χ2v) is 8.30. The monoisotopic (exact) mass is 343 g/mol. The van der Waals surface area contributed by atoms with Crippen LogP contribution >= 0.6 is 0 Å². The highest BCUT2D eigenvalue weighted by Crippen LogP contribution is 2.54. The van der Waals surface area contributed by atoms with Crippen LogP contribution in [0.3, 0.4) is 0 Å². The lowest BCUT2D eigenvalue weighted by atomic mass is 9.61. The van der Waals surface area contributed by atoms with E-state index >= 15 is 0 Å². The summed E-state index contributed by atoms with van der Waals surface area (Å²) in [6.45, 7) is 5.67. The molecular formula is C20H25NO4. The van der Waals surface area contributed by atoms with E-state index in [1.807, 2.05) is 38.1 Å². The first kappa shape index (κ1) is 16.6. The molecule has 0 bridgehead atoms. The third-order valence-electron chi connectivity index (χ3n) is 6.25. The molecule has 2 heterocycles. The van der Waals surface area contributed by atoms with Crippen molar-refractivity contribution in [3.8, 4) is 5.75 Å². The van der Waals surface area contributed by atoms with Gasteiger partial charge in [-0.3, -0.25) is 4.79 Å². The van der Waals surface area contributed by atoms with Gasteiger partial charge in [-0.1, -0.05) is 12.1 Å². The number of aliphatic hydroxyl groups excluding tert-OH is 1. The van der Waals surface area contributed by atoms with E-state index < -0.39 is 23.2 Å². The minimum atomic E-state index is -1.21. The number of aromatic nitrogens is 1. The van der Waals surface area contributed by atoms with E-state index in [0.717, 1.165) is 10.9 Å². The SMILES string of the molecule is Cn1c(=O)c2c(c3ccccc31)OC(C)(C)[C@H]1CC[C@](C)(O)[C@H](O)[C@H]21. The van der Waals surface area contributed by atoms with Crippen molar-refractivity contribution in [1.82, 2.24) is 4.57 Å². The Bertz CT molecular complexity index is 912. The lowest BCUT2D eigenvalue weighted by Gasteiger charge is -2.52. The van der Waals surface area contributed by atoms with E-state index in [2.05, 4.69) is 0 Å². The van der Waals surface area contributed by atoms with E-state index in [1.54, 1.807) is 18.5 Å². The Morgan fingerprint density at radius 2 is 1.92 bits per heavy atom. The fraction of sp³-hybridized carbons (Fsp3) is 0.550. The maximum atomic E-state index is 13.1. The van der Waals surface area contributed by atoms with Gasteiger partial charge in [-0.05, 0) is 45.7 Å². The topological polar surface area (TPSA) is 71.7 Å². The molecule has 1 aromatic heterocycles. The van der Waals surface area contributed by atoms with Gasteiger partial charge in [-0.2, -0.15) is 0 Å². The molecule has 2 N–H and O–H groups in total. The van der Waals surface area contributed by atoms with Crippen LogP contribution in [0.15, 0.2) is 29.1 Å². The molecule has 5 heteroatoms.